The lowest BCUT2D eigenvalue weighted by Crippen LogP contribution is -2.32. The number of ether oxygens (including phenoxy) is 1. The van der Waals surface area contributed by atoms with Gasteiger partial charge >= 0.3 is 0 Å². The number of hydrogen-bond acceptors (Lipinski definition) is 6. The van der Waals surface area contributed by atoms with Crippen molar-refractivity contribution in [3.63, 3.8) is 0 Å². The molecule has 0 bridgehead atoms. The molecule has 2 aromatic heterocycles. The Balaban J connectivity index is 1.89. The molecule has 0 radical (unpaired) electrons. The van der Waals surface area contributed by atoms with Crippen LogP contribution in [0.15, 0.2) is 45.9 Å². The van der Waals surface area contributed by atoms with Gasteiger partial charge in [-0.05, 0) is 51.3 Å². The van der Waals surface area contributed by atoms with E-state index in [0.717, 1.165) is 13.0 Å². The van der Waals surface area contributed by atoms with E-state index in [-0.39, 0.29) is 17.1 Å². The fourth-order valence-electron chi connectivity index (χ4n) is 3.82. The summed E-state index contributed by atoms with van der Waals surface area (Å²) in [7, 11) is 5.50. The van der Waals surface area contributed by atoms with Crippen molar-refractivity contribution in [2.24, 2.45) is 0 Å². The number of amides is 1. The lowest BCUT2D eigenvalue weighted by atomic mass is 9.99. The minimum Gasteiger partial charge on any atom is -0.495 e. The van der Waals surface area contributed by atoms with E-state index in [1.54, 1.807) is 48.7 Å². The quantitative estimate of drug-likeness (QED) is 0.600. The fraction of sp³-hybridized carbons (Fsp3) is 0.318. The fourth-order valence-corrected chi connectivity index (χ4v) is 4.00. The van der Waals surface area contributed by atoms with Crippen LogP contribution >= 0.6 is 11.6 Å². The molecule has 0 fully saturated rings. The van der Waals surface area contributed by atoms with Crippen molar-refractivity contribution in [3.05, 3.63) is 68.8 Å². The van der Waals surface area contributed by atoms with Crippen LogP contribution < -0.4 is 10.2 Å². The number of hydrogen-bond donors (Lipinski definition) is 0. The number of aromatic nitrogens is 1. The summed E-state index contributed by atoms with van der Waals surface area (Å²) >= 11 is 6.10. The van der Waals surface area contributed by atoms with E-state index in [0.29, 0.717) is 39.4 Å². The maximum Gasteiger partial charge on any atom is 0.290 e. The summed E-state index contributed by atoms with van der Waals surface area (Å²) in [5.41, 5.74) is 1.09. The van der Waals surface area contributed by atoms with Gasteiger partial charge in [-0.1, -0.05) is 11.6 Å². The molecule has 0 spiro atoms. The van der Waals surface area contributed by atoms with Gasteiger partial charge in [-0.3, -0.25) is 14.6 Å². The molecular formula is C22H22ClN3O4. The molecule has 1 aliphatic heterocycles. The average molecular weight is 428 g/mol. The normalized spacial score (nSPS) is 15.8. The molecule has 0 aliphatic carbocycles. The van der Waals surface area contributed by atoms with E-state index in [9.17, 15) is 9.59 Å². The molecule has 1 atom stereocenters. The molecular weight excluding hydrogens is 406 g/mol. The molecule has 30 heavy (non-hydrogen) atoms. The predicted molar refractivity (Wildman–Crippen MR) is 114 cm³/mol. The van der Waals surface area contributed by atoms with Crippen LogP contribution in [-0.2, 0) is 0 Å². The van der Waals surface area contributed by atoms with Crippen LogP contribution in [0.5, 0.6) is 5.75 Å². The van der Waals surface area contributed by atoms with Gasteiger partial charge in [0.05, 0.1) is 30.3 Å². The Morgan fingerprint density at radius 2 is 2.03 bits per heavy atom. The Kier molecular flexibility index (Phi) is 5.49. The monoisotopic (exact) mass is 427 g/mol. The summed E-state index contributed by atoms with van der Waals surface area (Å²) in [6.45, 7) is 1.28. The van der Waals surface area contributed by atoms with Crippen molar-refractivity contribution in [2.45, 2.75) is 12.5 Å². The van der Waals surface area contributed by atoms with Crippen LogP contribution in [0, 0.1) is 0 Å². The van der Waals surface area contributed by atoms with Crippen molar-refractivity contribution in [1.29, 1.82) is 0 Å². The Morgan fingerprint density at radius 1 is 1.23 bits per heavy atom. The lowest BCUT2D eigenvalue weighted by molar-refractivity contribution is 0.0722. The van der Waals surface area contributed by atoms with Gasteiger partial charge in [0.1, 0.15) is 11.3 Å². The number of carbonyl (C=O) groups is 1. The summed E-state index contributed by atoms with van der Waals surface area (Å²) in [6.07, 6.45) is 3.98. The molecule has 3 aromatic rings. The largest absolute Gasteiger partial charge is 0.495 e. The first kappa shape index (κ1) is 20.4. The maximum atomic E-state index is 13.4. The molecule has 0 saturated heterocycles. The van der Waals surface area contributed by atoms with Gasteiger partial charge in [-0.25, -0.2) is 0 Å². The Morgan fingerprint density at radius 3 is 2.77 bits per heavy atom. The summed E-state index contributed by atoms with van der Waals surface area (Å²) in [5, 5.41) is 0.784. The zero-order valence-electron chi connectivity index (χ0n) is 17.0. The van der Waals surface area contributed by atoms with E-state index in [1.165, 1.54) is 0 Å². The molecule has 8 heteroatoms. The highest BCUT2D eigenvalue weighted by Crippen LogP contribution is 2.39. The van der Waals surface area contributed by atoms with E-state index in [2.05, 4.69) is 9.88 Å². The second-order valence-corrected chi connectivity index (χ2v) is 7.97. The van der Waals surface area contributed by atoms with Crippen LogP contribution in [0.2, 0.25) is 5.02 Å². The van der Waals surface area contributed by atoms with Crippen LogP contribution in [0.25, 0.3) is 11.0 Å². The van der Waals surface area contributed by atoms with E-state index in [1.807, 2.05) is 14.1 Å². The van der Waals surface area contributed by atoms with Gasteiger partial charge in [-0.15, -0.1) is 0 Å². The van der Waals surface area contributed by atoms with E-state index in [4.69, 9.17) is 20.8 Å². The number of methoxy groups -OCH3 is 1. The zero-order chi connectivity index (χ0) is 21.4. The van der Waals surface area contributed by atoms with Crippen molar-refractivity contribution in [1.82, 2.24) is 14.8 Å². The highest BCUT2D eigenvalue weighted by molar-refractivity contribution is 6.31. The van der Waals surface area contributed by atoms with Gasteiger partial charge in [0.25, 0.3) is 5.91 Å². The first-order chi connectivity index (χ1) is 14.4. The van der Waals surface area contributed by atoms with Gasteiger partial charge in [0.15, 0.2) is 5.43 Å². The van der Waals surface area contributed by atoms with Crippen molar-refractivity contribution in [3.8, 4) is 5.75 Å². The lowest BCUT2D eigenvalue weighted by Gasteiger charge is -2.25. The van der Waals surface area contributed by atoms with E-state index < -0.39 is 6.04 Å². The van der Waals surface area contributed by atoms with Crippen LogP contribution in [0.4, 0.5) is 0 Å². The number of halogens is 1. The second-order valence-electron chi connectivity index (χ2n) is 7.53. The van der Waals surface area contributed by atoms with Crippen molar-refractivity contribution >= 4 is 28.5 Å². The zero-order valence-corrected chi connectivity index (χ0v) is 17.8. The molecule has 1 aliphatic rings. The van der Waals surface area contributed by atoms with Crippen LogP contribution in [0.3, 0.4) is 0 Å². The Labute approximate surface area is 178 Å². The minimum atomic E-state index is -0.600. The standard InChI is InChI=1S/C22H22ClN3O4/c1-25(2)7-4-8-26-19(13-9-15(29-3)12-24-11-13)18-20(27)16-10-14(23)5-6-17(16)30-21(18)22(26)28/h5-6,9-12,19H,4,7-8H2,1-3H3. The first-order valence-electron chi connectivity index (χ1n) is 9.61. The molecule has 1 unspecified atom stereocenters. The highest BCUT2D eigenvalue weighted by atomic mass is 35.5. The van der Waals surface area contributed by atoms with Crippen LogP contribution in [0.1, 0.15) is 34.1 Å². The third-order valence-corrected chi connectivity index (χ3v) is 5.45. The number of benzene rings is 1. The summed E-state index contributed by atoms with van der Waals surface area (Å²) in [5.74, 6) is 0.327. The highest BCUT2D eigenvalue weighted by Gasteiger charge is 2.42. The molecule has 0 saturated carbocycles. The number of nitrogens with zero attached hydrogens (tertiary/aromatic N) is 3. The maximum absolute atomic E-state index is 13.4. The Bertz CT molecular complexity index is 1170. The number of carbonyl (C=O) groups excluding carboxylic acids is 1. The number of rotatable bonds is 6. The molecule has 4 rings (SSSR count). The molecule has 7 nitrogen and oxygen atoms in total. The first-order valence-corrected chi connectivity index (χ1v) is 9.99. The molecule has 1 aromatic carbocycles. The molecule has 0 N–H and O–H groups in total. The summed E-state index contributed by atoms with van der Waals surface area (Å²) in [6, 6.07) is 6.02. The molecule has 156 valence electrons. The minimum absolute atomic E-state index is 0.0764. The van der Waals surface area contributed by atoms with Gasteiger partial charge < -0.3 is 19.0 Å². The van der Waals surface area contributed by atoms with Gasteiger partial charge in [0, 0.05) is 23.3 Å². The van der Waals surface area contributed by atoms with Crippen molar-refractivity contribution < 1.29 is 13.9 Å². The Hall–Kier alpha value is -2.90. The van der Waals surface area contributed by atoms with Crippen molar-refractivity contribution in [2.75, 3.05) is 34.3 Å². The number of pyridine rings is 1. The number of fused-ring (bicyclic) bond motifs is 2. The molecule has 3 heterocycles. The summed E-state index contributed by atoms with van der Waals surface area (Å²) in [4.78, 5) is 34.7. The topological polar surface area (TPSA) is 75.9 Å². The predicted octanol–water partition coefficient (Wildman–Crippen LogP) is 3.35. The second kappa shape index (κ2) is 8.08. The summed E-state index contributed by atoms with van der Waals surface area (Å²) < 4.78 is 11.2. The molecule has 1 amide bonds. The van der Waals surface area contributed by atoms with E-state index >= 15 is 0 Å². The third kappa shape index (κ3) is 3.55. The van der Waals surface area contributed by atoms with Crippen LogP contribution in [-0.4, -0.2) is 55.0 Å². The van der Waals surface area contributed by atoms with Gasteiger partial charge in [0.2, 0.25) is 5.76 Å². The van der Waals surface area contributed by atoms with Gasteiger partial charge in [-0.2, -0.15) is 0 Å². The SMILES string of the molecule is COc1cncc(C2c3c(oc4ccc(Cl)cc4c3=O)C(=O)N2CCCN(C)C)c1. The third-order valence-electron chi connectivity index (χ3n) is 5.22. The average Bonchev–Trinajstić information content (AvgIpc) is 3.01. The smallest absolute Gasteiger partial charge is 0.290 e.